The van der Waals surface area contributed by atoms with E-state index >= 15 is 0 Å². The molecule has 2 fully saturated rings. The molecular weight excluding hydrogens is 474 g/mol. The van der Waals surface area contributed by atoms with Crippen LogP contribution in [0.4, 0.5) is 0 Å². The maximum absolute atomic E-state index is 14.1. The topological polar surface area (TPSA) is 71.4 Å². The first-order valence-electron chi connectivity index (χ1n) is 13.5. The Hall–Kier alpha value is -2.18. The third-order valence-electron chi connectivity index (χ3n) is 8.56. The molecular formula is C29H40ClN3O3. The number of carbonyl (C=O) groups excluding carboxylic acids is 3. The molecule has 36 heavy (non-hydrogen) atoms. The molecule has 2 aromatic rings. The van der Waals surface area contributed by atoms with Gasteiger partial charge in [0.1, 0.15) is 5.78 Å². The Kier molecular flexibility index (Phi) is 8.56. The van der Waals surface area contributed by atoms with E-state index in [0.29, 0.717) is 23.6 Å². The largest absolute Gasteiger partial charge is 0.342 e. The Balaban J connectivity index is 1.62. The van der Waals surface area contributed by atoms with Crippen molar-refractivity contribution in [3.05, 3.63) is 34.5 Å². The fraction of sp³-hybridized carbons (Fsp3) is 0.621. The van der Waals surface area contributed by atoms with Crippen LogP contribution in [0.5, 0.6) is 0 Å². The zero-order chi connectivity index (χ0) is 26.0. The average molecular weight is 514 g/mol. The number of hydrogen-bond donors (Lipinski definition) is 1. The summed E-state index contributed by atoms with van der Waals surface area (Å²) in [5, 5.41) is 4.52. The highest BCUT2D eigenvalue weighted by Gasteiger charge is 2.39. The zero-order valence-corrected chi connectivity index (χ0v) is 22.9. The third kappa shape index (κ3) is 5.40. The number of fused-ring (bicyclic) bond motifs is 1. The molecule has 0 spiro atoms. The second-order valence-corrected chi connectivity index (χ2v) is 11.2. The molecule has 1 N–H and O–H groups in total. The molecule has 1 aliphatic heterocycles. The maximum atomic E-state index is 14.1. The zero-order valence-electron chi connectivity index (χ0n) is 22.1. The van der Waals surface area contributed by atoms with E-state index < -0.39 is 0 Å². The summed E-state index contributed by atoms with van der Waals surface area (Å²) < 4.78 is 2.18. The first kappa shape index (κ1) is 26.9. The van der Waals surface area contributed by atoms with Crippen molar-refractivity contribution >= 4 is 40.0 Å². The first-order chi connectivity index (χ1) is 17.2. The van der Waals surface area contributed by atoms with E-state index in [-0.39, 0.29) is 41.4 Å². The molecule has 2 aliphatic rings. The number of benzene rings is 1. The number of likely N-dealkylation sites (N-methyl/N-ethyl adjacent to an activating group) is 1. The normalized spacial score (nSPS) is 20.6. The molecule has 1 aromatic heterocycles. The van der Waals surface area contributed by atoms with Crippen LogP contribution in [0.25, 0.3) is 10.9 Å². The van der Waals surface area contributed by atoms with Crippen LogP contribution >= 0.6 is 11.6 Å². The summed E-state index contributed by atoms with van der Waals surface area (Å²) in [6.45, 7) is 6.82. The number of ketones is 2. The lowest BCUT2D eigenvalue weighted by atomic mass is 9.76. The van der Waals surface area contributed by atoms with Crippen molar-refractivity contribution in [2.24, 2.45) is 11.8 Å². The van der Waals surface area contributed by atoms with E-state index in [2.05, 4.69) is 9.88 Å². The van der Waals surface area contributed by atoms with Gasteiger partial charge in [-0.05, 0) is 77.6 Å². The minimum atomic E-state index is -0.247. The van der Waals surface area contributed by atoms with Crippen LogP contribution < -0.4 is 5.32 Å². The van der Waals surface area contributed by atoms with E-state index in [9.17, 15) is 14.4 Å². The van der Waals surface area contributed by atoms with Crippen molar-refractivity contribution in [2.75, 3.05) is 13.6 Å². The summed E-state index contributed by atoms with van der Waals surface area (Å²) in [5.74, 6) is 0.314. The van der Waals surface area contributed by atoms with Crippen molar-refractivity contribution in [3.63, 3.8) is 0 Å². The summed E-state index contributed by atoms with van der Waals surface area (Å²) in [6, 6.07) is 5.49. The molecule has 196 valence electrons. The Morgan fingerprint density at radius 3 is 2.50 bits per heavy atom. The minimum Gasteiger partial charge on any atom is -0.342 e. The number of likely N-dealkylation sites (tertiary alicyclic amines) is 1. The lowest BCUT2D eigenvalue weighted by molar-refractivity contribution is -0.141. The van der Waals surface area contributed by atoms with Gasteiger partial charge in [0.2, 0.25) is 5.91 Å². The number of carbonyl (C=O) groups is 3. The molecule has 6 nitrogen and oxygen atoms in total. The predicted molar refractivity (Wildman–Crippen MR) is 145 cm³/mol. The number of hydrogen-bond acceptors (Lipinski definition) is 4. The summed E-state index contributed by atoms with van der Waals surface area (Å²) in [7, 11) is 1.79. The maximum Gasteiger partial charge on any atom is 0.226 e. The number of rotatable bonds is 9. The Morgan fingerprint density at radius 1 is 1.11 bits per heavy atom. The van der Waals surface area contributed by atoms with Crippen molar-refractivity contribution in [1.29, 1.82) is 0 Å². The van der Waals surface area contributed by atoms with Gasteiger partial charge in [-0.1, -0.05) is 30.9 Å². The quantitative estimate of drug-likeness (QED) is 0.445. The summed E-state index contributed by atoms with van der Waals surface area (Å²) >= 11 is 6.27. The molecule has 0 bridgehead atoms. The van der Waals surface area contributed by atoms with Gasteiger partial charge in [0.05, 0.1) is 6.04 Å². The Labute approximate surface area is 219 Å². The number of amides is 1. The molecule has 0 radical (unpaired) electrons. The number of Topliss-reactive ketones (excluding diaryl/α,β-unsaturated/α-hetero) is 2. The van der Waals surface area contributed by atoms with Gasteiger partial charge in [-0.25, -0.2) is 0 Å². The predicted octanol–water partition coefficient (Wildman–Crippen LogP) is 5.56. The first-order valence-corrected chi connectivity index (χ1v) is 13.9. The SMILES string of the molecule is CN[C@@H](C)C(=O)C[C@H](C(=O)N1CCC[C@H]1Cn1c(C)c(C(C)=O)c2cc(Cl)ccc21)C1CCCCC1. The van der Waals surface area contributed by atoms with Gasteiger partial charge in [-0.15, -0.1) is 0 Å². The van der Waals surface area contributed by atoms with Gasteiger partial charge in [-0.2, -0.15) is 0 Å². The van der Waals surface area contributed by atoms with E-state index in [1.165, 1.54) is 6.42 Å². The number of halogens is 1. The number of nitrogens with zero attached hydrogens (tertiary/aromatic N) is 2. The molecule has 1 amide bonds. The standard InChI is InChI=1S/C29H40ClN3O3/c1-18(31-4)27(35)16-24(21-9-6-5-7-10-21)29(36)32-14-8-11-23(32)17-33-19(2)28(20(3)34)25-15-22(30)12-13-26(25)33/h12-13,15,18,21,23-24,31H,5-11,14,16-17H2,1-4H3/t18-,23-,24-/m0/s1. The van der Waals surface area contributed by atoms with Crippen LogP contribution in [-0.2, 0) is 16.1 Å². The molecule has 1 saturated heterocycles. The molecule has 1 aliphatic carbocycles. The molecule has 4 rings (SSSR count). The van der Waals surface area contributed by atoms with E-state index in [0.717, 1.165) is 61.7 Å². The highest BCUT2D eigenvalue weighted by Crippen LogP contribution is 2.36. The van der Waals surface area contributed by atoms with Crippen molar-refractivity contribution in [3.8, 4) is 0 Å². The van der Waals surface area contributed by atoms with Crippen molar-refractivity contribution < 1.29 is 14.4 Å². The lowest BCUT2D eigenvalue weighted by Crippen LogP contribution is -2.45. The van der Waals surface area contributed by atoms with Gasteiger partial charge in [0.15, 0.2) is 5.78 Å². The number of nitrogens with one attached hydrogen (secondary N) is 1. The van der Waals surface area contributed by atoms with Crippen molar-refractivity contribution in [1.82, 2.24) is 14.8 Å². The highest BCUT2D eigenvalue weighted by atomic mass is 35.5. The second-order valence-electron chi connectivity index (χ2n) is 10.8. The summed E-state index contributed by atoms with van der Waals surface area (Å²) in [5.41, 5.74) is 2.60. The Morgan fingerprint density at radius 2 is 1.83 bits per heavy atom. The molecule has 2 heterocycles. The van der Waals surface area contributed by atoms with Gasteiger partial charge >= 0.3 is 0 Å². The van der Waals surface area contributed by atoms with Gasteiger partial charge in [-0.3, -0.25) is 14.4 Å². The van der Waals surface area contributed by atoms with Gasteiger partial charge in [0, 0.05) is 58.7 Å². The summed E-state index contributed by atoms with van der Waals surface area (Å²) in [6.07, 6.45) is 7.74. The average Bonchev–Trinajstić information content (AvgIpc) is 3.44. The van der Waals surface area contributed by atoms with Crippen LogP contribution in [0.15, 0.2) is 18.2 Å². The van der Waals surface area contributed by atoms with Crippen LogP contribution in [-0.4, -0.2) is 52.6 Å². The van der Waals surface area contributed by atoms with E-state index in [1.54, 1.807) is 14.0 Å². The van der Waals surface area contributed by atoms with Crippen LogP contribution in [0, 0.1) is 18.8 Å². The van der Waals surface area contributed by atoms with Gasteiger partial charge < -0.3 is 14.8 Å². The van der Waals surface area contributed by atoms with E-state index in [4.69, 9.17) is 11.6 Å². The molecule has 1 aromatic carbocycles. The molecule has 7 heteroatoms. The smallest absolute Gasteiger partial charge is 0.226 e. The third-order valence-corrected chi connectivity index (χ3v) is 8.80. The molecule has 3 atom stereocenters. The lowest BCUT2D eigenvalue weighted by Gasteiger charge is -2.35. The van der Waals surface area contributed by atoms with Crippen LogP contribution in [0.1, 0.15) is 81.3 Å². The fourth-order valence-electron chi connectivity index (χ4n) is 6.42. The van der Waals surface area contributed by atoms with Crippen LogP contribution in [0.2, 0.25) is 5.02 Å². The van der Waals surface area contributed by atoms with Crippen molar-refractivity contribution in [2.45, 2.75) is 90.8 Å². The van der Waals surface area contributed by atoms with E-state index in [1.807, 2.05) is 36.9 Å². The van der Waals surface area contributed by atoms with Gasteiger partial charge in [0.25, 0.3) is 0 Å². The highest BCUT2D eigenvalue weighted by molar-refractivity contribution is 6.31. The summed E-state index contributed by atoms with van der Waals surface area (Å²) in [4.78, 5) is 41.5. The second kappa shape index (κ2) is 11.5. The molecule has 0 unspecified atom stereocenters. The number of aromatic nitrogens is 1. The fourth-order valence-corrected chi connectivity index (χ4v) is 6.59. The minimum absolute atomic E-state index is 0.0207. The molecule has 1 saturated carbocycles. The van der Waals surface area contributed by atoms with Crippen LogP contribution in [0.3, 0.4) is 0 Å². The monoisotopic (exact) mass is 513 g/mol. The Bertz CT molecular complexity index is 1130.